The van der Waals surface area contributed by atoms with E-state index in [1.165, 1.54) is 6.08 Å². The molecule has 6 heteroatoms. The molecule has 3 aromatic rings. The average molecular weight is 378 g/mol. The quantitative estimate of drug-likeness (QED) is 0.437. The van der Waals surface area contributed by atoms with E-state index in [2.05, 4.69) is 5.10 Å². The molecule has 1 aromatic heterocycles. The molecule has 0 unspecified atom stereocenters. The summed E-state index contributed by atoms with van der Waals surface area (Å²) in [5.74, 6) is 0.877. The number of methoxy groups -OCH3 is 1. The van der Waals surface area contributed by atoms with E-state index in [9.17, 15) is 4.79 Å². The van der Waals surface area contributed by atoms with Gasteiger partial charge in [-0.1, -0.05) is 18.2 Å². The van der Waals surface area contributed by atoms with Crippen LogP contribution in [-0.2, 0) is 16.1 Å². The van der Waals surface area contributed by atoms with Crippen LogP contribution in [0.2, 0.25) is 0 Å². The van der Waals surface area contributed by atoms with Crippen LogP contribution in [0.15, 0.2) is 67.0 Å². The zero-order chi connectivity index (χ0) is 19.8. The summed E-state index contributed by atoms with van der Waals surface area (Å²) in [7, 11) is 1.58. The molecule has 0 N–H and O–H groups in total. The molecule has 0 saturated carbocycles. The maximum atomic E-state index is 12.0. The van der Waals surface area contributed by atoms with Gasteiger partial charge in [0.15, 0.2) is 11.5 Å². The topological polar surface area (TPSA) is 62.6 Å². The number of nitrogens with zero attached hydrogens (tertiary/aromatic N) is 2. The highest BCUT2D eigenvalue weighted by molar-refractivity contribution is 5.87. The number of hydrogen-bond donors (Lipinski definition) is 0. The molecule has 0 aliphatic carbocycles. The lowest BCUT2D eigenvalue weighted by molar-refractivity contribution is -0.138. The van der Waals surface area contributed by atoms with Crippen molar-refractivity contribution in [3.05, 3.63) is 78.1 Å². The first-order valence-electron chi connectivity index (χ1n) is 8.94. The minimum absolute atomic E-state index is 0.204. The Kier molecular flexibility index (Phi) is 6.46. The van der Waals surface area contributed by atoms with Crippen LogP contribution in [0.3, 0.4) is 0 Å². The molecule has 0 atom stereocenters. The van der Waals surface area contributed by atoms with Crippen LogP contribution >= 0.6 is 0 Å². The molecule has 3 rings (SSSR count). The molecule has 0 amide bonds. The summed E-state index contributed by atoms with van der Waals surface area (Å²) in [6, 6.07) is 15.0. The first-order chi connectivity index (χ1) is 13.7. The zero-order valence-electron chi connectivity index (χ0n) is 15.9. The molecule has 144 valence electrons. The number of rotatable bonds is 8. The van der Waals surface area contributed by atoms with Crippen LogP contribution in [0.1, 0.15) is 18.1 Å². The molecular weight excluding hydrogens is 356 g/mol. The van der Waals surface area contributed by atoms with Gasteiger partial charge >= 0.3 is 5.97 Å². The average Bonchev–Trinajstić information content (AvgIpc) is 3.27. The Morgan fingerprint density at radius 2 is 1.96 bits per heavy atom. The smallest absolute Gasteiger partial charge is 0.331 e. The summed E-state index contributed by atoms with van der Waals surface area (Å²) >= 11 is 0. The molecule has 1 heterocycles. The second-order valence-corrected chi connectivity index (χ2v) is 5.90. The van der Waals surface area contributed by atoms with Crippen molar-refractivity contribution in [2.45, 2.75) is 13.5 Å². The molecule has 0 saturated heterocycles. The van der Waals surface area contributed by atoms with E-state index in [1.807, 2.05) is 61.7 Å². The highest BCUT2D eigenvalue weighted by Gasteiger charge is 2.05. The monoisotopic (exact) mass is 378 g/mol. The van der Waals surface area contributed by atoms with Gasteiger partial charge in [-0.2, -0.15) is 5.10 Å². The van der Waals surface area contributed by atoms with Gasteiger partial charge in [0.1, 0.15) is 6.61 Å². The summed E-state index contributed by atoms with van der Waals surface area (Å²) in [5.41, 5.74) is 2.67. The van der Waals surface area contributed by atoms with Crippen LogP contribution < -0.4 is 9.47 Å². The molecular formula is C22H22N2O4. The first-order valence-corrected chi connectivity index (χ1v) is 8.94. The standard InChI is InChI=1S/C22H22N2O4/c1-3-27-20-11-7-17(15-21(20)26-2)8-12-22(25)28-16-18-5-9-19(10-6-18)24-14-4-13-23-24/h4-15H,3,16H2,1-2H3/b12-8+. The molecule has 6 nitrogen and oxygen atoms in total. The van der Waals surface area contributed by atoms with Crippen molar-refractivity contribution < 1.29 is 19.0 Å². The Morgan fingerprint density at radius 3 is 2.64 bits per heavy atom. The van der Waals surface area contributed by atoms with E-state index < -0.39 is 5.97 Å². The Labute approximate surface area is 164 Å². The number of carbonyl (C=O) groups is 1. The van der Waals surface area contributed by atoms with Crippen molar-refractivity contribution >= 4 is 12.0 Å². The first kappa shape index (κ1) is 19.2. The highest BCUT2D eigenvalue weighted by atomic mass is 16.5. The SMILES string of the molecule is CCOc1ccc(/C=C/C(=O)OCc2ccc(-n3cccn3)cc2)cc1OC. The van der Waals surface area contributed by atoms with Crippen LogP contribution in [0.4, 0.5) is 0 Å². The van der Waals surface area contributed by atoms with E-state index in [4.69, 9.17) is 14.2 Å². The third-order valence-corrected chi connectivity index (χ3v) is 3.99. The maximum absolute atomic E-state index is 12.0. The third kappa shape index (κ3) is 5.01. The predicted octanol–water partition coefficient (Wildman–Crippen LogP) is 4.04. The lowest BCUT2D eigenvalue weighted by Crippen LogP contribution is -2.01. The Hall–Kier alpha value is -3.54. The third-order valence-electron chi connectivity index (χ3n) is 3.99. The number of benzene rings is 2. The Balaban J connectivity index is 1.55. The van der Waals surface area contributed by atoms with Crippen molar-refractivity contribution in [1.82, 2.24) is 9.78 Å². The molecule has 0 bridgehead atoms. The lowest BCUT2D eigenvalue weighted by atomic mass is 10.2. The van der Waals surface area contributed by atoms with Crippen molar-refractivity contribution in [1.29, 1.82) is 0 Å². The summed E-state index contributed by atoms with van der Waals surface area (Å²) < 4.78 is 17.9. The molecule has 0 radical (unpaired) electrons. The molecule has 0 aliphatic rings. The summed E-state index contributed by atoms with van der Waals surface area (Å²) in [6.45, 7) is 2.67. The Bertz CT molecular complexity index is 932. The van der Waals surface area contributed by atoms with Gasteiger partial charge < -0.3 is 14.2 Å². The number of carbonyl (C=O) groups excluding carboxylic acids is 1. The second kappa shape index (κ2) is 9.41. The Morgan fingerprint density at radius 1 is 1.14 bits per heavy atom. The van der Waals surface area contributed by atoms with E-state index in [1.54, 1.807) is 24.1 Å². The lowest BCUT2D eigenvalue weighted by Gasteiger charge is -2.09. The molecule has 0 spiro atoms. The van der Waals surface area contributed by atoms with Crippen molar-refractivity contribution in [3.63, 3.8) is 0 Å². The van der Waals surface area contributed by atoms with Crippen LogP contribution in [0.25, 0.3) is 11.8 Å². The number of hydrogen-bond acceptors (Lipinski definition) is 5. The zero-order valence-corrected chi connectivity index (χ0v) is 15.9. The number of aromatic nitrogens is 2. The van der Waals surface area contributed by atoms with Crippen LogP contribution in [-0.4, -0.2) is 29.5 Å². The maximum Gasteiger partial charge on any atom is 0.331 e. The van der Waals surface area contributed by atoms with Gasteiger partial charge in [-0.05, 0) is 54.5 Å². The van der Waals surface area contributed by atoms with Crippen LogP contribution in [0.5, 0.6) is 11.5 Å². The minimum atomic E-state index is -0.413. The van der Waals surface area contributed by atoms with Crippen LogP contribution in [0, 0.1) is 0 Å². The van der Waals surface area contributed by atoms with Gasteiger partial charge in [-0.15, -0.1) is 0 Å². The van der Waals surface area contributed by atoms with Crippen molar-refractivity contribution in [2.24, 2.45) is 0 Å². The molecule has 0 aliphatic heterocycles. The normalized spacial score (nSPS) is 10.8. The van der Waals surface area contributed by atoms with E-state index in [0.717, 1.165) is 16.8 Å². The van der Waals surface area contributed by atoms with Crippen molar-refractivity contribution in [3.8, 4) is 17.2 Å². The van der Waals surface area contributed by atoms with Crippen molar-refractivity contribution in [2.75, 3.05) is 13.7 Å². The fourth-order valence-corrected chi connectivity index (χ4v) is 2.60. The largest absolute Gasteiger partial charge is 0.493 e. The van der Waals surface area contributed by atoms with Gasteiger partial charge in [-0.3, -0.25) is 0 Å². The predicted molar refractivity (Wildman–Crippen MR) is 107 cm³/mol. The molecule has 2 aromatic carbocycles. The summed E-state index contributed by atoms with van der Waals surface area (Å²) in [4.78, 5) is 12.0. The van der Waals surface area contributed by atoms with E-state index in [-0.39, 0.29) is 6.61 Å². The molecule has 0 fully saturated rings. The second-order valence-electron chi connectivity index (χ2n) is 5.90. The number of esters is 1. The van der Waals surface area contributed by atoms with Gasteiger partial charge in [0, 0.05) is 18.5 Å². The summed E-state index contributed by atoms with van der Waals surface area (Å²) in [6.07, 6.45) is 6.67. The highest BCUT2D eigenvalue weighted by Crippen LogP contribution is 2.28. The van der Waals surface area contributed by atoms with Gasteiger partial charge in [0.2, 0.25) is 0 Å². The fraction of sp³-hybridized carbons (Fsp3) is 0.182. The van der Waals surface area contributed by atoms with Gasteiger partial charge in [0.05, 0.1) is 19.4 Å². The minimum Gasteiger partial charge on any atom is -0.493 e. The number of ether oxygens (including phenoxy) is 3. The van der Waals surface area contributed by atoms with Gasteiger partial charge in [-0.25, -0.2) is 9.48 Å². The molecule has 28 heavy (non-hydrogen) atoms. The van der Waals surface area contributed by atoms with E-state index >= 15 is 0 Å². The summed E-state index contributed by atoms with van der Waals surface area (Å²) in [5, 5.41) is 4.18. The van der Waals surface area contributed by atoms with Gasteiger partial charge in [0.25, 0.3) is 0 Å². The fourth-order valence-electron chi connectivity index (χ4n) is 2.60. The van der Waals surface area contributed by atoms with E-state index in [0.29, 0.717) is 18.1 Å².